The van der Waals surface area contributed by atoms with E-state index in [0.717, 1.165) is 6.07 Å². The first-order valence-electron chi connectivity index (χ1n) is 10.0. The van der Waals surface area contributed by atoms with Gasteiger partial charge in [-0.15, -0.1) is 13.2 Å². The highest BCUT2D eigenvalue weighted by molar-refractivity contribution is 6.30. The number of benzene rings is 1. The molecule has 4 fully saturated rings. The third kappa shape index (κ3) is 5.20. The minimum atomic E-state index is -4.65. The van der Waals surface area contributed by atoms with E-state index in [1.54, 1.807) is 0 Å². The fourth-order valence-electron chi connectivity index (χ4n) is 4.64. The van der Waals surface area contributed by atoms with Gasteiger partial charge in [0, 0.05) is 11.6 Å². The van der Waals surface area contributed by atoms with Crippen LogP contribution in [0.5, 0.6) is 5.75 Å². The molecule has 2 amide bonds. The molecule has 4 saturated carbocycles. The molecule has 2 N–H and O–H groups in total. The predicted molar refractivity (Wildman–Crippen MR) is 102 cm³/mol. The number of nitrogens with one attached hydrogen (secondary N) is 2. The largest absolute Gasteiger partial charge is 0.522 e. The van der Waals surface area contributed by atoms with Crippen molar-refractivity contribution in [2.75, 3.05) is 13.2 Å². The van der Waals surface area contributed by atoms with Gasteiger partial charge in [0.1, 0.15) is 11.6 Å². The summed E-state index contributed by atoms with van der Waals surface area (Å²) in [6, 6.07) is 3.88. The Bertz CT molecular complexity index is 887. The fourth-order valence-corrected chi connectivity index (χ4v) is 4.76. The maximum atomic E-state index is 13.4. The summed E-state index contributed by atoms with van der Waals surface area (Å²) in [5, 5.41) is 5.59. The molecular weight excluding hydrogens is 460 g/mol. The van der Waals surface area contributed by atoms with Gasteiger partial charge in [0.05, 0.1) is 23.3 Å². The van der Waals surface area contributed by atoms with E-state index < -0.39 is 35.5 Å². The fraction of sp³-hybridized carbons (Fsp3) is 0.600. The first-order chi connectivity index (χ1) is 14.9. The van der Waals surface area contributed by atoms with E-state index in [0.29, 0.717) is 19.3 Å². The topological polar surface area (TPSA) is 85.9 Å². The van der Waals surface area contributed by atoms with Crippen LogP contribution in [0.15, 0.2) is 18.2 Å². The lowest BCUT2D eigenvalue weighted by Crippen LogP contribution is -2.84. The molecule has 5 rings (SSSR count). The molecule has 0 aliphatic heterocycles. The van der Waals surface area contributed by atoms with Crippen LogP contribution in [0.2, 0.25) is 5.02 Å². The van der Waals surface area contributed by atoms with Crippen LogP contribution in [0.25, 0.3) is 0 Å². The van der Waals surface area contributed by atoms with Crippen molar-refractivity contribution in [1.29, 1.82) is 0 Å². The van der Waals surface area contributed by atoms with Crippen LogP contribution < -0.4 is 15.4 Å². The Morgan fingerprint density at radius 2 is 1.78 bits per heavy atom. The lowest BCUT2D eigenvalue weighted by atomic mass is 9.44. The molecule has 32 heavy (non-hydrogen) atoms. The summed E-state index contributed by atoms with van der Waals surface area (Å²) >= 11 is 5.59. The maximum Gasteiger partial charge on any atom is 0.522 e. The number of carbonyl (C=O) groups is 2. The van der Waals surface area contributed by atoms with E-state index in [4.69, 9.17) is 21.1 Å². The molecule has 7 nitrogen and oxygen atoms in total. The molecule has 176 valence electrons. The van der Waals surface area contributed by atoms with Crippen molar-refractivity contribution in [3.8, 4) is 5.75 Å². The predicted octanol–water partition coefficient (Wildman–Crippen LogP) is 3.69. The minimum Gasteiger partial charge on any atom is -0.484 e. The Morgan fingerprint density at radius 3 is 2.41 bits per heavy atom. The number of amides is 2. The molecule has 12 heteroatoms. The average Bonchev–Trinajstić information content (AvgIpc) is 2.60. The van der Waals surface area contributed by atoms with Gasteiger partial charge < -0.3 is 20.1 Å². The first-order valence-corrected chi connectivity index (χ1v) is 10.4. The van der Waals surface area contributed by atoms with Crippen LogP contribution in [0.4, 0.5) is 22.4 Å². The van der Waals surface area contributed by atoms with Crippen molar-refractivity contribution >= 4 is 23.6 Å². The van der Waals surface area contributed by atoms with E-state index >= 15 is 0 Å². The number of alkyl halides is 3. The second-order valence-corrected chi connectivity index (χ2v) is 9.16. The summed E-state index contributed by atoms with van der Waals surface area (Å²) in [5.74, 6) is -0.975. The molecular formula is C20H21ClF4N2O5. The second-order valence-electron chi connectivity index (χ2n) is 8.75. The molecule has 4 aliphatic rings. The van der Waals surface area contributed by atoms with Gasteiger partial charge in [0.25, 0.3) is 5.91 Å². The standard InChI is InChI=1S/C20H21ClF4N2O5/c21-14-2-1-12(5-15(14)22)30-7-16(28)26-18-8-19(9-18,10-18)27-17(29)31-6-11-3-13(4-11)32-20(23,24)25/h1-2,5,11,13H,3-4,6-10H2,(H,26,28)(H,27,29)/t11-,13-,18?,19?. The highest BCUT2D eigenvalue weighted by Gasteiger charge is 2.69. The van der Waals surface area contributed by atoms with Crippen molar-refractivity contribution in [1.82, 2.24) is 10.6 Å². The lowest BCUT2D eigenvalue weighted by molar-refractivity contribution is -0.354. The Balaban J connectivity index is 1.10. The van der Waals surface area contributed by atoms with E-state index in [1.165, 1.54) is 12.1 Å². The third-order valence-electron chi connectivity index (χ3n) is 6.01. The number of alkyl carbamates (subject to hydrolysis) is 1. The van der Waals surface area contributed by atoms with Gasteiger partial charge in [-0.05, 0) is 50.2 Å². The molecule has 4 aliphatic carbocycles. The molecule has 1 aromatic carbocycles. The normalized spacial score (nSPS) is 30.3. The number of hydrogen-bond donors (Lipinski definition) is 2. The van der Waals surface area contributed by atoms with E-state index in [9.17, 15) is 27.2 Å². The number of halogens is 5. The van der Waals surface area contributed by atoms with E-state index in [2.05, 4.69) is 15.4 Å². The molecule has 0 heterocycles. The summed E-state index contributed by atoms with van der Waals surface area (Å²) < 4.78 is 63.9. The van der Waals surface area contributed by atoms with Gasteiger partial charge in [-0.1, -0.05) is 11.6 Å². The van der Waals surface area contributed by atoms with E-state index in [1.807, 2.05) is 0 Å². The van der Waals surface area contributed by atoms with Crippen molar-refractivity contribution < 1.29 is 41.4 Å². The Labute approximate surface area is 185 Å². The lowest BCUT2D eigenvalue weighted by Gasteiger charge is -2.70. The number of ether oxygens (including phenoxy) is 3. The Morgan fingerprint density at radius 1 is 1.12 bits per heavy atom. The van der Waals surface area contributed by atoms with Gasteiger partial charge in [-0.2, -0.15) is 0 Å². The summed E-state index contributed by atoms with van der Waals surface area (Å²) in [6.07, 6.45) is -4.14. The van der Waals surface area contributed by atoms with Crippen LogP contribution >= 0.6 is 11.6 Å². The highest BCUT2D eigenvalue weighted by atomic mass is 35.5. The SMILES string of the molecule is O=C(COc1ccc(Cl)c(F)c1)NC12CC(NC(=O)OC[C@H]3C[C@H](OC(F)(F)F)C3)(C1)C2. The smallest absolute Gasteiger partial charge is 0.484 e. The molecule has 0 spiro atoms. The van der Waals surface area contributed by atoms with Gasteiger partial charge in [0.15, 0.2) is 6.61 Å². The zero-order chi connectivity index (χ0) is 23.1. The van der Waals surface area contributed by atoms with Gasteiger partial charge >= 0.3 is 12.5 Å². The molecule has 0 aromatic heterocycles. The summed E-state index contributed by atoms with van der Waals surface area (Å²) in [7, 11) is 0. The van der Waals surface area contributed by atoms with Crippen molar-refractivity contribution in [3.63, 3.8) is 0 Å². The van der Waals surface area contributed by atoms with Crippen LogP contribution in [0, 0.1) is 11.7 Å². The monoisotopic (exact) mass is 480 g/mol. The molecule has 0 unspecified atom stereocenters. The molecule has 1 aromatic rings. The minimum absolute atomic E-state index is 0.0319. The molecule has 2 bridgehead atoms. The van der Waals surface area contributed by atoms with Crippen LogP contribution in [0.1, 0.15) is 32.1 Å². The van der Waals surface area contributed by atoms with E-state index in [-0.39, 0.29) is 48.7 Å². The first kappa shape index (κ1) is 22.9. The average molecular weight is 481 g/mol. The van der Waals surface area contributed by atoms with Crippen molar-refractivity contribution in [2.24, 2.45) is 5.92 Å². The van der Waals surface area contributed by atoms with Gasteiger partial charge in [-0.25, -0.2) is 9.18 Å². The zero-order valence-corrected chi connectivity index (χ0v) is 17.5. The number of carbonyl (C=O) groups excluding carboxylic acids is 2. The second kappa shape index (κ2) is 8.26. The van der Waals surface area contributed by atoms with Crippen LogP contribution in [0.3, 0.4) is 0 Å². The quantitative estimate of drug-likeness (QED) is 0.554. The molecule has 0 saturated heterocycles. The van der Waals surface area contributed by atoms with Crippen LogP contribution in [-0.4, -0.2) is 48.8 Å². The Kier molecular flexibility index (Phi) is 5.91. The Hall–Kier alpha value is -2.27. The zero-order valence-electron chi connectivity index (χ0n) is 16.8. The summed E-state index contributed by atoms with van der Waals surface area (Å²) in [4.78, 5) is 24.1. The summed E-state index contributed by atoms with van der Waals surface area (Å²) in [6.45, 7) is -0.254. The number of rotatable bonds is 8. The third-order valence-corrected chi connectivity index (χ3v) is 6.31. The highest BCUT2D eigenvalue weighted by Crippen LogP contribution is 2.60. The van der Waals surface area contributed by atoms with Gasteiger partial charge in [-0.3, -0.25) is 9.53 Å². The van der Waals surface area contributed by atoms with Crippen LogP contribution in [-0.2, 0) is 14.3 Å². The molecule has 0 radical (unpaired) electrons. The molecule has 0 atom stereocenters. The van der Waals surface area contributed by atoms with Crippen molar-refractivity contribution in [2.45, 2.75) is 55.6 Å². The number of hydrogen-bond acceptors (Lipinski definition) is 5. The van der Waals surface area contributed by atoms with Gasteiger partial charge in [0.2, 0.25) is 0 Å². The van der Waals surface area contributed by atoms with Crippen molar-refractivity contribution in [3.05, 3.63) is 29.0 Å². The summed E-state index contributed by atoms with van der Waals surface area (Å²) in [5.41, 5.74) is -0.846. The maximum absolute atomic E-state index is 13.4.